The van der Waals surface area contributed by atoms with Crippen molar-refractivity contribution in [2.45, 2.75) is 39.0 Å². The number of aliphatic carboxylic acids is 1. The first-order valence-electron chi connectivity index (χ1n) is 7.46. The summed E-state index contributed by atoms with van der Waals surface area (Å²) in [7, 11) is 1.68. The summed E-state index contributed by atoms with van der Waals surface area (Å²) >= 11 is 0. The van der Waals surface area contributed by atoms with E-state index in [-0.39, 0.29) is 0 Å². The van der Waals surface area contributed by atoms with E-state index < -0.39 is 5.97 Å². The third-order valence-corrected chi connectivity index (χ3v) is 3.90. The van der Waals surface area contributed by atoms with Crippen LogP contribution in [0.25, 0.3) is 5.57 Å². The van der Waals surface area contributed by atoms with Gasteiger partial charge in [0.05, 0.1) is 7.11 Å². The molecule has 0 amide bonds. The van der Waals surface area contributed by atoms with Crippen LogP contribution in [0.1, 0.15) is 43.7 Å². The van der Waals surface area contributed by atoms with Crippen LogP contribution in [0, 0.1) is 0 Å². The molecule has 0 radical (unpaired) electrons. The van der Waals surface area contributed by atoms with E-state index >= 15 is 0 Å². The summed E-state index contributed by atoms with van der Waals surface area (Å²) in [4.78, 5) is 10.8. The number of rotatable bonds is 6. The zero-order valence-electron chi connectivity index (χ0n) is 12.7. The van der Waals surface area contributed by atoms with Gasteiger partial charge in [-0.15, -0.1) is 0 Å². The normalized spacial score (nSPS) is 14.4. The van der Waals surface area contributed by atoms with Gasteiger partial charge in [-0.25, -0.2) is 4.79 Å². The number of hydrogen-bond donors (Lipinski definition) is 1. The molecule has 3 nitrogen and oxygen atoms in total. The molecule has 2 rings (SSSR count). The molecule has 0 atom stereocenters. The van der Waals surface area contributed by atoms with E-state index in [1.165, 1.54) is 22.8 Å². The molecule has 0 saturated carbocycles. The number of carbonyl (C=O) groups is 1. The van der Waals surface area contributed by atoms with Crippen molar-refractivity contribution in [3.8, 4) is 5.75 Å². The number of benzene rings is 1. The maximum atomic E-state index is 10.8. The van der Waals surface area contributed by atoms with Crippen LogP contribution < -0.4 is 4.74 Å². The number of hydrogen-bond acceptors (Lipinski definition) is 2. The maximum absolute atomic E-state index is 10.8. The van der Waals surface area contributed by atoms with Crippen molar-refractivity contribution in [1.82, 2.24) is 0 Å². The Hall–Kier alpha value is -2.03. The molecule has 0 fully saturated rings. The van der Waals surface area contributed by atoms with Crippen LogP contribution in [0.15, 0.2) is 35.9 Å². The molecule has 0 spiro atoms. The van der Waals surface area contributed by atoms with Crippen molar-refractivity contribution in [1.29, 1.82) is 0 Å². The van der Waals surface area contributed by atoms with Gasteiger partial charge in [-0.05, 0) is 60.1 Å². The predicted octanol–water partition coefficient (Wildman–Crippen LogP) is 4.23. The zero-order chi connectivity index (χ0) is 15.2. The number of ether oxygens (including phenoxy) is 1. The molecule has 0 heterocycles. The largest absolute Gasteiger partial charge is 0.497 e. The summed E-state index contributed by atoms with van der Waals surface area (Å²) < 4.78 is 5.29. The summed E-state index contributed by atoms with van der Waals surface area (Å²) in [6.07, 6.45) is 8.08. The van der Waals surface area contributed by atoms with Gasteiger partial charge in [0.2, 0.25) is 0 Å². The number of methoxy groups -OCH3 is 1. The summed E-state index contributed by atoms with van der Waals surface area (Å²) in [6.45, 7) is 2.17. The fraction of sp³-hybridized carbons (Fsp3) is 0.389. The smallest absolute Gasteiger partial charge is 0.328 e. The first-order valence-corrected chi connectivity index (χ1v) is 7.46. The number of allylic oxidation sites excluding steroid dienone is 3. The highest BCUT2D eigenvalue weighted by molar-refractivity contribution is 5.82. The van der Waals surface area contributed by atoms with E-state index in [0.29, 0.717) is 0 Å². The Morgan fingerprint density at radius 2 is 2.19 bits per heavy atom. The lowest BCUT2D eigenvalue weighted by atomic mass is 9.83. The topological polar surface area (TPSA) is 46.5 Å². The summed E-state index contributed by atoms with van der Waals surface area (Å²) in [5.74, 6) is -0.00834. The minimum Gasteiger partial charge on any atom is -0.497 e. The number of aryl methyl sites for hydroxylation is 1. The van der Waals surface area contributed by atoms with Crippen LogP contribution in [-0.4, -0.2) is 18.2 Å². The molecule has 0 bridgehead atoms. The Labute approximate surface area is 125 Å². The molecule has 1 aromatic rings. The highest BCUT2D eigenvalue weighted by atomic mass is 16.5. The van der Waals surface area contributed by atoms with Crippen LogP contribution in [-0.2, 0) is 11.2 Å². The molecule has 0 saturated heterocycles. The molecular weight excluding hydrogens is 264 g/mol. The lowest BCUT2D eigenvalue weighted by molar-refractivity contribution is -0.131. The Morgan fingerprint density at radius 3 is 2.86 bits per heavy atom. The first kappa shape index (κ1) is 15.4. The van der Waals surface area contributed by atoms with Crippen LogP contribution in [0.5, 0.6) is 5.75 Å². The minimum absolute atomic E-state index is 0.883. The molecule has 1 N–H and O–H groups in total. The maximum Gasteiger partial charge on any atom is 0.328 e. The van der Waals surface area contributed by atoms with Crippen molar-refractivity contribution in [3.63, 3.8) is 0 Å². The molecule has 0 unspecified atom stereocenters. The summed E-state index contributed by atoms with van der Waals surface area (Å²) in [6, 6.07) is 6.18. The minimum atomic E-state index is -0.891. The molecule has 1 aliphatic rings. The molecule has 21 heavy (non-hydrogen) atoms. The lowest BCUT2D eigenvalue weighted by Gasteiger charge is -2.22. The first-order chi connectivity index (χ1) is 10.2. The van der Waals surface area contributed by atoms with E-state index in [1.807, 2.05) is 6.07 Å². The van der Waals surface area contributed by atoms with Gasteiger partial charge in [-0.2, -0.15) is 0 Å². The quantitative estimate of drug-likeness (QED) is 0.796. The molecule has 1 aromatic carbocycles. The van der Waals surface area contributed by atoms with E-state index in [2.05, 4.69) is 19.1 Å². The average Bonchev–Trinajstić information content (AvgIpc) is 2.50. The van der Waals surface area contributed by atoms with Crippen LogP contribution in [0.3, 0.4) is 0 Å². The van der Waals surface area contributed by atoms with Crippen LogP contribution in [0.2, 0.25) is 0 Å². The van der Waals surface area contributed by atoms with E-state index in [0.717, 1.165) is 43.4 Å². The van der Waals surface area contributed by atoms with Crippen molar-refractivity contribution in [2.75, 3.05) is 7.11 Å². The molecular formula is C18H22O3. The standard InChI is InChI=1S/C18H22O3/c1-3-4-5-16-13(8-11-18(19)20)6-7-14-12-15(21-2)9-10-17(14)16/h8-12H,3-7H2,1-2H3,(H,19,20)/b11-8+. The Morgan fingerprint density at radius 1 is 1.38 bits per heavy atom. The monoisotopic (exact) mass is 286 g/mol. The molecule has 112 valence electrons. The van der Waals surface area contributed by atoms with Gasteiger partial charge in [0, 0.05) is 6.08 Å². The van der Waals surface area contributed by atoms with Crippen molar-refractivity contribution in [3.05, 3.63) is 47.1 Å². The predicted molar refractivity (Wildman–Crippen MR) is 84.5 cm³/mol. The molecule has 1 aliphatic carbocycles. The fourth-order valence-electron chi connectivity index (χ4n) is 2.80. The Bertz CT molecular complexity index is 582. The van der Waals surface area contributed by atoms with Gasteiger partial charge >= 0.3 is 5.97 Å². The van der Waals surface area contributed by atoms with E-state index in [4.69, 9.17) is 9.84 Å². The molecule has 3 heteroatoms. The molecule has 0 aliphatic heterocycles. The Balaban J connectivity index is 2.41. The van der Waals surface area contributed by atoms with Crippen LogP contribution >= 0.6 is 0 Å². The average molecular weight is 286 g/mol. The second-order valence-corrected chi connectivity index (χ2v) is 5.30. The Kier molecular flexibility index (Phi) is 5.20. The highest BCUT2D eigenvalue weighted by Gasteiger charge is 2.18. The van der Waals surface area contributed by atoms with Gasteiger partial charge < -0.3 is 9.84 Å². The van der Waals surface area contributed by atoms with Gasteiger partial charge in [0.1, 0.15) is 5.75 Å². The zero-order valence-corrected chi connectivity index (χ0v) is 12.7. The number of carboxylic acids is 1. The lowest BCUT2D eigenvalue weighted by Crippen LogP contribution is -2.05. The van der Waals surface area contributed by atoms with Gasteiger partial charge in [0.15, 0.2) is 0 Å². The molecule has 0 aromatic heterocycles. The third-order valence-electron chi connectivity index (χ3n) is 3.90. The second-order valence-electron chi connectivity index (χ2n) is 5.30. The van der Waals surface area contributed by atoms with E-state index in [1.54, 1.807) is 13.2 Å². The van der Waals surface area contributed by atoms with Crippen molar-refractivity contribution >= 4 is 11.5 Å². The number of fused-ring (bicyclic) bond motifs is 1. The highest BCUT2D eigenvalue weighted by Crippen LogP contribution is 2.36. The number of carboxylic acid groups (broad SMARTS) is 1. The van der Waals surface area contributed by atoms with Crippen molar-refractivity contribution < 1.29 is 14.6 Å². The summed E-state index contributed by atoms with van der Waals surface area (Å²) in [5.41, 5.74) is 5.00. The fourth-order valence-corrected chi connectivity index (χ4v) is 2.80. The van der Waals surface area contributed by atoms with Gasteiger partial charge in [-0.3, -0.25) is 0 Å². The van der Waals surface area contributed by atoms with Gasteiger partial charge in [-0.1, -0.05) is 25.5 Å². The third kappa shape index (κ3) is 3.75. The second kappa shape index (κ2) is 7.11. The number of unbranched alkanes of at least 4 members (excludes halogenated alkanes) is 1. The van der Waals surface area contributed by atoms with Gasteiger partial charge in [0.25, 0.3) is 0 Å². The van der Waals surface area contributed by atoms with E-state index in [9.17, 15) is 4.79 Å². The SMILES string of the molecule is CCCCC1=C(/C=C/C(=O)O)CCc2cc(OC)ccc21. The summed E-state index contributed by atoms with van der Waals surface area (Å²) in [5, 5.41) is 8.84. The van der Waals surface area contributed by atoms with Crippen molar-refractivity contribution in [2.24, 2.45) is 0 Å². The van der Waals surface area contributed by atoms with Crippen LogP contribution in [0.4, 0.5) is 0 Å².